The van der Waals surface area contributed by atoms with E-state index < -0.39 is 22.1 Å². The average Bonchev–Trinajstić information content (AvgIpc) is 2.55. The van der Waals surface area contributed by atoms with E-state index in [1.807, 2.05) is 37.3 Å². The summed E-state index contributed by atoms with van der Waals surface area (Å²) < 4.78 is 28.8. The van der Waals surface area contributed by atoms with Crippen LogP contribution in [-0.4, -0.2) is 25.5 Å². The molecule has 0 bridgehead atoms. The van der Waals surface area contributed by atoms with Crippen LogP contribution in [-0.2, 0) is 25.7 Å². The van der Waals surface area contributed by atoms with Gasteiger partial charge in [-0.3, -0.25) is 8.98 Å². The summed E-state index contributed by atoms with van der Waals surface area (Å²) in [5.74, 6) is -0.963. The number of aliphatic carboxylic acids is 1. The number of hydrogen-bond acceptors (Lipinski definition) is 5. The minimum Gasteiger partial charge on any atom is -0.480 e. The third kappa shape index (κ3) is 6.91. The summed E-state index contributed by atoms with van der Waals surface area (Å²) in [5.41, 5.74) is 6.67. The van der Waals surface area contributed by atoms with Gasteiger partial charge in [-0.05, 0) is 31.5 Å². The van der Waals surface area contributed by atoms with E-state index in [1.165, 1.54) is 6.92 Å². The molecule has 0 spiro atoms. The molecular weight excluding hydrogens is 330 g/mol. The van der Waals surface area contributed by atoms with Crippen LogP contribution in [0, 0.1) is 6.92 Å². The minimum absolute atomic E-state index is 0.0526. The fourth-order valence-electron chi connectivity index (χ4n) is 1.49. The number of nitrogens with two attached hydrogens (primary N) is 1. The first-order valence-electron chi connectivity index (χ1n) is 7.21. The van der Waals surface area contributed by atoms with Gasteiger partial charge in [0.25, 0.3) is 10.1 Å². The van der Waals surface area contributed by atoms with Gasteiger partial charge in [0.05, 0.1) is 11.5 Å². The van der Waals surface area contributed by atoms with Gasteiger partial charge in [0, 0.05) is 0 Å². The fraction of sp³-hybridized carbons (Fsp3) is 0.235. The highest BCUT2D eigenvalue weighted by Crippen LogP contribution is 2.15. The standard InChI is InChI=1S/C14H14O3S.C3H7NO2/c1-12-7-9-14(10-8-12)18(15,16)17-11-13-5-3-2-4-6-13;1-2(4)3(5)6/h2-10H,11H2,1H3;2H,4H2,1H3,(H,5,6)/t;2-/m.1/s1. The number of rotatable bonds is 5. The highest BCUT2D eigenvalue weighted by atomic mass is 32.2. The highest BCUT2D eigenvalue weighted by molar-refractivity contribution is 7.86. The van der Waals surface area contributed by atoms with Gasteiger partial charge >= 0.3 is 5.97 Å². The quantitative estimate of drug-likeness (QED) is 0.801. The van der Waals surface area contributed by atoms with Gasteiger partial charge < -0.3 is 10.8 Å². The monoisotopic (exact) mass is 351 g/mol. The van der Waals surface area contributed by atoms with Gasteiger partial charge in [0.1, 0.15) is 6.04 Å². The Bertz CT molecular complexity index is 740. The Labute approximate surface area is 142 Å². The van der Waals surface area contributed by atoms with E-state index in [-0.39, 0.29) is 11.5 Å². The van der Waals surface area contributed by atoms with Gasteiger partial charge in [-0.2, -0.15) is 8.42 Å². The second kappa shape index (κ2) is 9.17. The summed E-state index contributed by atoms with van der Waals surface area (Å²) in [4.78, 5) is 9.76. The molecule has 2 aromatic carbocycles. The first-order valence-corrected chi connectivity index (χ1v) is 8.61. The van der Waals surface area contributed by atoms with Crippen molar-refractivity contribution in [2.45, 2.75) is 31.4 Å². The molecule has 130 valence electrons. The van der Waals surface area contributed by atoms with E-state index in [0.29, 0.717) is 0 Å². The lowest BCUT2D eigenvalue weighted by Gasteiger charge is -2.06. The molecule has 24 heavy (non-hydrogen) atoms. The first kappa shape index (κ1) is 19.8. The predicted octanol–water partition coefficient (Wildman–Crippen LogP) is 2.32. The zero-order valence-corrected chi connectivity index (χ0v) is 14.4. The summed E-state index contributed by atoms with van der Waals surface area (Å²) in [6.45, 7) is 3.38. The topological polar surface area (TPSA) is 107 Å². The van der Waals surface area contributed by atoms with Gasteiger partial charge in [-0.25, -0.2) is 0 Å². The highest BCUT2D eigenvalue weighted by Gasteiger charge is 2.14. The molecule has 0 amide bonds. The average molecular weight is 351 g/mol. The fourth-order valence-corrected chi connectivity index (χ4v) is 2.39. The first-order chi connectivity index (χ1) is 11.2. The number of carboxylic acids is 1. The van der Waals surface area contributed by atoms with Crippen LogP contribution in [0.15, 0.2) is 59.5 Å². The Hall–Kier alpha value is -2.22. The van der Waals surface area contributed by atoms with Crippen molar-refractivity contribution in [3.8, 4) is 0 Å². The maximum Gasteiger partial charge on any atom is 0.320 e. The summed E-state index contributed by atoms with van der Waals surface area (Å²) >= 11 is 0. The molecule has 6 nitrogen and oxygen atoms in total. The lowest BCUT2D eigenvalue weighted by Crippen LogP contribution is -2.25. The molecule has 0 aliphatic heterocycles. The van der Waals surface area contributed by atoms with Crippen LogP contribution in [0.2, 0.25) is 0 Å². The smallest absolute Gasteiger partial charge is 0.320 e. The van der Waals surface area contributed by atoms with Crippen LogP contribution in [0.1, 0.15) is 18.1 Å². The summed E-state index contributed by atoms with van der Waals surface area (Å²) in [6.07, 6.45) is 0. The van der Waals surface area contributed by atoms with Crippen molar-refractivity contribution in [1.29, 1.82) is 0 Å². The largest absolute Gasteiger partial charge is 0.480 e. The maximum absolute atomic E-state index is 11.9. The van der Waals surface area contributed by atoms with E-state index in [4.69, 9.17) is 15.0 Å². The molecule has 3 N–H and O–H groups in total. The van der Waals surface area contributed by atoms with Crippen molar-refractivity contribution < 1.29 is 22.5 Å². The third-order valence-corrected chi connectivity index (χ3v) is 4.20. The van der Waals surface area contributed by atoms with Gasteiger partial charge in [0.15, 0.2) is 0 Å². The lowest BCUT2D eigenvalue weighted by molar-refractivity contribution is -0.138. The zero-order valence-electron chi connectivity index (χ0n) is 13.5. The van der Waals surface area contributed by atoms with E-state index in [9.17, 15) is 13.2 Å². The Morgan fingerprint density at radius 2 is 1.62 bits per heavy atom. The van der Waals surface area contributed by atoms with Crippen molar-refractivity contribution in [3.05, 3.63) is 65.7 Å². The van der Waals surface area contributed by atoms with Crippen LogP contribution in [0.5, 0.6) is 0 Å². The number of carboxylic acid groups (broad SMARTS) is 1. The van der Waals surface area contributed by atoms with Crippen molar-refractivity contribution in [2.24, 2.45) is 5.73 Å². The Balaban J connectivity index is 0.000000413. The Morgan fingerprint density at radius 1 is 1.12 bits per heavy atom. The Kier molecular flexibility index (Phi) is 7.57. The normalized spacial score (nSPS) is 12.0. The second-order valence-corrected chi connectivity index (χ2v) is 6.76. The predicted molar refractivity (Wildman–Crippen MR) is 90.9 cm³/mol. The molecular formula is C17H21NO5S. The van der Waals surface area contributed by atoms with Crippen LogP contribution in [0.4, 0.5) is 0 Å². The molecule has 7 heteroatoms. The number of hydrogen-bond donors (Lipinski definition) is 2. The van der Waals surface area contributed by atoms with Crippen molar-refractivity contribution in [2.75, 3.05) is 0 Å². The molecule has 1 atom stereocenters. The second-order valence-electron chi connectivity index (χ2n) is 5.14. The maximum atomic E-state index is 11.9. The summed E-state index contributed by atoms with van der Waals surface area (Å²) in [6, 6.07) is 15.1. The van der Waals surface area contributed by atoms with Crippen LogP contribution in [0.25, 0.3) is 0 Å². The molecule has 0 radical (unpaired) electrons. The van der Waals surface area contributed by atoms with E-state index in [1.54, 1.807) is 24.3 Å². The molecule has 0 saturated carbocycles. The number of carbonyl (C=O) groups is 1. The molecule has 0 heterocycles. The Morgan fingerprint density at radius 3 is 2.08 bits per heavy atom. The van der Waals surface area contributed by atoms with E-state index >= 15 is 0 Å². The minimum atomic E-state index is -3.68. The van der Waals surface area contributed by atoms with Crippen molar-refractivity contribution >= 4 is 16.1 Å². The number of aryl methyl sites for hydroxylation is 1. The van der Waals surface area contributed by atoms with E-state index in [0.717, 1.165) is 11.1 Å². The van der Waals surface area contributed by atoms with Gasteiger partial charge in [0.2, 0.25) is 0 Å². The SMILES string of the molecule is C[C@@H](N)C(=O)O.Cc1ccc(S(=O)(=O)OCc2ccccc2)cc1. The third-order valence-electron chi connectivity index (χ3n) is 2.92. The van der Waals surface area contributed by atoms with Gasteiger partial charge in [-0.15, -0.1) is 0 Å². The summed E-state index contributed by atoms with van der Waals surface area (Å²) in [7, 11) is -3.68. The molecule has 2 rings (SSSR count). The van der Waals surface area contributed by atoms with E-state index in [2.05, 4.69) is 0 Å². The molecule has 0 aliphatic rings. The lowest BCUT2D eigenvalue weighted by atomic mass is 10.2. The molecule has 0 unspecified atom stereocenters. The molecule has 0 fully saturated rings. The van der Waals surface area contributed by atoms with Crippen molar-refractivity contribution in [3.63, 3.8) is 0 Å². The molecule has 0 aliphatic carbocycles. The summed E-state index contributed by atoms with van der Waals surface area (Å²) in [5, 5.41) is 7.87. The van der Waals surface area contributed by atoms with Crippen LogP contribution < -0.4 is 5.73 Å². The van der Waals surface area contributed by atoms with Gasteiger partial charge in [-0.1, -0.05) is 48.0 Å². The molecule has 2 aromatic rings. The van der Waals surface area contributed by atoms with Crippen molar-refractivity contribution in [1.82, 2.24) is 0 Å². The zero-order chi connectivity index (χ0) is 18.2. The van der Waals surface area contributed by atoms with Crippen LogP contribution >= 0.6 is 0 Å². The molecule has 0 saturated heterocycles. The number of benzene rings is 2. The van der Waals surface area contributed by atoms with Crippen LogP contribution in [0.3, 0.4) is 0 Å². The molecule has 0 aromatic heterocycles.